The third kappa shape index (κ3) is 5.29. The van der Waals surface area contributed by atoms with Gasteiger partial charge in [0, 0.05) is 12.2 Å². The third-order valence-electron chi connectivity index (χ3n) is 3.31. The number of halogens is 1. The molecular weight excluding hydrogens is 286 g/mol. The van der Waals surface area contributed by atoms with Gasteiger partial charge in [0.05, 0.1) is 12.0 Å². The molecule has 112 valence electrons. The Morgan fingerprint density at radius 2 is 1.43 bits per heavy atom. The van der Waals surface area contributed by atoms with Crippen LogP contribution in [-0.4, -0.2) is 28.7 Å². The van der Waals surface area contributed by atoms with Crippen LogP contribution >= 0.6 is 11.6 Å². The largest absolute Gasteiger partial charge is 0.508 e. The van der Waals surface area contributed by atoms with E-state index in [0.29, 0.717) is 12.3 Å². The quantitative estimate of drug-likeness (QED) is 0.689. The molecule has 2 aromatic rings. The minimum atomic E-state index is -0.527. The number of phenolic OH excluding ortho intramolecular Hbond substituents is 1. The average molecular weight is 306 g/mol. The summed E-state index contributed by atoms with van der Waals surface area (Å²) in [5.41, 5.74) is 3.44. The van der Waals surface area contributed by atoms with Crippen molar-refractivity contribution in [3.05, 3.63) is 59.7 Å². The van der Waals surface area contributed by atoms with Gasteiger partial charge in [-0.2, -0.15) is 0 Å². The number of hydrogen-bond donors (Lipinski definition) is 3. The number of benzene rings is 2. The Morgan fingerprint density at radius 3 is 1.95 bits per heavy atom. The second kappa shape index (κ2) is 7.91. The van der Waals surface area contributed by atoms with Crippen molar-refractivity contribution in [2.24, 2.45) is 0 Å². The Labute approximate surface area is 130 Å². The van der Waals surface area contributed by atoms with Crippen molar-refractivity contribution in [2.75, 3.05) is 17.7 Å². The van der Waals surface area contributed by atoms with Crippen LogP contribution in [0.15, 0.2) is 48.5 Å². The molecule has 0 saturated heterocycles. The summed E-state index contributed by atoms with van der Waals surface area (Å²) in [6.45, 7) is 0.455. The number of alkyl halides is 1. The Kier molecular flexibility index (Phi) is 5.90. The molecule has 0 aromatic heterocycles. The molecule has 0 spiro atoms. The molecule has 0 bridgehead atoms. The number of aryl methyl sites for hydroxylation is 2. The highest BCUT2D eigenvalue weighted by Crippen LogP contribution is 2.14. The van der Waals surface area contributed by atoms with Crippen LogP contribution in [0.4, 0.5) is 5.69 Å². The van der Waals surface area contributed by atoms with Gasteiger partial charge in [-0.05, 0) is 48.2 Å². The van der Waals surface area contributed by atoms with Crippen LogP contribution in [0, 0.1) is 0 Å². The van der Waals surface area contributed by atoms with Crippen molar-refractivity contribution >= 4 is 17.3 Å². The van der Waals surface area contributed by atoms with E-state index in [1.165, 1.54) is 11.1 Å². The molecule has 3 nitrogen and oxygen atoms in total. The van der Waals surface area contributed by atoms with Gasteiger partial charge < -0.3 is 15.5 Å². The number of rotatable bonds is 7. The van der Waals surface area contributed by atoms with E-state index in [2.05, 4.69) is 17.4 Å². The van der Waals surface area contributed by atoms with Gasteiger partial charge in [0.2, 0.25) is 0 Å². The molecule has 0 radical (unpaired) electrons. The van der Waals surface area contributed by atoms with Crippen LogP contribution in [0.25, 0.3) is 0 Å². The second-order valence-corrected chi connectivity index (χ2v) is 5.36. The van der Waals surface area contributed by atoms with E-state index in [0.717, 1.165) is 18.5 Å². The second-order valence-electron chi connectivity index (χ2n) is 5.05. The van der Waals surface area contributed by atoms with Crippen molar-refractivity contribution in [3.8, 4) is 5.75 Å². The zero-order chi connectivity index (χ0) is 15.1. The highest BCUT2D eigenvalue weighted by Gasteiger charge is 2.01. The van der Waals surface area contributed by atoms with Gasteiger partial charge >= 0.3 is 0 Å². The van der Waals surface area contributed by atoms with E-state index < -0.39 is 6.10 Å². The predicted octanol–water partition coefficient (Wildman–Crippen LogP) is 3.19. The van der Waals surface area contributed by atoms with Crippen LogP contribution in [0.1, 0.15) is 11.1 Å². The number of aliphatic hydroxyl groups is 1. The molecule has 4 heteroatoms. The maximum absolute atomic E-state index is 9.39. The first kappa shape index (κ1) is 15.7. The number of anilines is 1. The predicted molar refractivity (Wildman–Crippen MR) is 87.2 cm³/mol. The van der Waals surface area contributed by atoms with Gasteiger partial charge in [-0.3, -0.25) is 0 Å². The van der Waals surface area contributed by atoms with Crippen LogP contribution in [0.2, 0.25) is 0 Å². The molecule has 2 aromatic carbocycles. The van der Waals surface area contributed by atoms with Crippen molar-refractivity contribution in [2.45, 2.75) is 18.9 Å². The van der Waals surface area contributed by atoms with E-state index in [9.17, 15) is 10.2 Å². The summed E-state index contributed by atoms with van der Waals surface area (Å²) in [5.74, 6) is 0.533. The number of phenols is 1. The van der Waals surface area contributed by atoms with E-state index in [1.54, 1.807) is 12.1 Å². The van der Waals surface area contributed by atoms with Crippen molar-refractivity contribution in [1.29, 1.82) is 0 Å². The first-order valence-electron chi connectivity index (χ1n) is 7.02. The molecule has 0 saturated carbocycles. The summed E-state index contributed by atoms with van der Waals surface area (Å²) in [5, 5.41) is 21.8. The fourth-order valence-electron chi connectivity index (χ4n) is 2.03. The van der Waals surface area contributed by atoms with Crippen molar-refractivity contribution in [3.63, 3.8) is 0 Å². The standard InChI is InChI=1S/C17H20ClNO2/c18-11-17(21)12-19-15-7-3-13(4-8-15)1-2-14-5-9-16(20)10-6-14/h3-10,17,19-21H,1-2,11-12H2. The van der Waals surface area contributed by atoms with Gasteiger partial charge in [0.1, 0.15) is 5.75 Å². The SMILES string of the molecule is Oc1ccc(CCc2ccc(NCC(O)CCl)cc2)cc1. The molecule has 0 heterocycles. The summed E-state index contributed by atoms with van der Waals surface area (Å²) < 4.78 is 0. The van der Waals surface area contributed by atoms with Gasteiger partial charge in [-0.25, -0.2) is 0 Å². The smallest absolute Gasteiger partial charge is 0.115 e. The van der Waals surface area contributed by atoms with Gasteiger partial charge in [0.15, 0.2) is 0 Å². The van der Waals surface area contributed by atoms with Gasteiger partial charge in [0.25, 0.3) is 0 Å². The highest BCUT2D eigenvalue weighted by molar-refractivity contribution is 6.18. The molecule has 1 unspecified atom stereocenters. The number of aromatic hydroxyl groups is 1. The van der Waals surface area contributed by atoms with E-state index >= 15 is 0 Å². The maximum Gasteiger partial charge on any atom is 0.115 e. The van der Waals surface area contributed by atoms with Crippen molar-refractivity contribution in [1.82, 2.24) is 0 Å². The topological polar surface area (TPSA) is 52.5 Å². The van der Waals surface area contributed by atoms with Gasteiger partial charge in [-0.15, -0.1) is 11.6 Å². The summed E-state index contributed by atoms with van der Waals surface area (Å²) in [4.78, 5) is 0. The molecule has 1 atom stereocenters. The van der Waals surface area contributed by atoms with Crippen molar-refractivity contribution < 1.29 is 10.2 Å². The van der Waals surface area contributed by atoms with Crippen LogP contribution in [0.5, 0.6) is 5.75 Å². The fraction of sp³-hybridized carbons (Fsp3) is 0.294. The van der Waals surface area contributed by atoms with Gasteiger partial charge in [-0.1, -0.05) is 24.3 Å². The lowest BCUT2D eigenvalue weighted by Crippen LogP contribution is -2.20. The summed E-state index contributed by atoms with van der Waals surface area (Å²) in [7, 11) is 0. The van der Waals surface area contributed by atoms with E-state index in [4.69, 9.17) is 11.6 Å². The zero-order valence-electron chi connectivity index (χ0n) is 11.8. The molecule has 0 aliphatic heterocycles. The third-order valence-corrected chi connectivity index (χ3v) is 3.67. The van der Waals surface area contributed by atoms with Crippen LogP contribution in [0.3, 0.4) is 0 Å². The first-order valence-corrected chi connectivity index (χ1v) is 7.55. The summed E-state index contributed by atoms with van der Waals surface area (Å²) >= 11 is 5.55. The van der Waals surface area contributed by atoms with Crippen LogP contribution < -0.4 is 5.32 Å². The number of aliphatic hydroxyl groups excluding tert-OH is 1. The molecular formula is C17H20ClNO2. The summed E-state index contributed by atoms with van der Waals surface area (Å²) in [6, 6.07) is 15.5. The van der Waals surface area contributed by atoms with Crippen LogP contribution in [-0.2, 0) is 12.8 Å². The van der Waals surface area contributed by atoms with E-state index in [-0.39, 0.29) is 5.88 Å². The Balaban J connectivity index is 1.83. The maximum atomic E-state index is 9.39. The minimum absolute atomic E-state index is 0.234. The Hall–Kier alpha value is -1.71. The Bertz CT molecular complexity index is 540. The molecule has 0 aliphatic rings. The lowest BCUT2D eigenvalue weighted by molar-refractivity contribution is 0.211. The fourth-order valence-corrected chi connectivity index (χ4v) is 2.14. The molecule has 0 amide bonds. The molecule has 2 rings (SSSR count). The first-order chi connectivity index (χ1) is 10.2. The minimum Gasteiger partial charge on any atom is -0.508 e. The average Bonchev–Trinajstić information content (AvgIpc) is 2.53. The molecule has 21 heavy (non-hydrogen) atoms. The lowest BCUT2D eigenvalue weighted by Gasteiger charge is -2.10. The molecule has 0 aliphatic carbocycles. The van der Waals surface area contributed by atoms with E-state index in [1.807, 2.05) is 24.3 Å². The highest BCUT2D eigenvalue weighted by atomic mass is 35.5. The Morgan fingerprint density at radius 1 is 0.905 bits per heavy atom. The molecule has 0 fully saturated rings. The lowest BCUT2D eigenvalue weighted by atomic mass is 10.0. The number of hydrogen-bond acceptors (Lipinski definition) is 3. The normalized spacial score (nSPS) is 12.1. The number of nitrogens with one attached hydrogen (secondary N) is 1. The zero-order valence-corrected chi connectivity index (χ0v) is 12.6. The summed E-state index contributed by atoms with van der Waals surface area (Å²) in [6.07, 6.45) is 1.37. The monoisotopic (exact) mass is 305 g/mol. The molecule has 3 N–H and O–H groups in total.